The summed E-state index contributed by atoms with van der Waals surface area (Å²) in [4.78, 5) is 13.9. The molecule has 110 valence electrons. The van der Waals surface area contributed by atoms with Crippen molar-refractivity contribution >= 4 is 11.7 Å². The smallest absolute Gasteiger partial charge is 0.326 e. The predicted octanol–water partition coefficient (Wildman–Crippen LogP) is 2.27. The number of aliphatic carboxylic acids is 1. The SMILES string of the molecule is CCNC(CN(C)c1ccc(C)cc1)(C(=O)O)C1CC1. The first-order valence-electron chi connectivity index (χ1n) is 7.26. The van der Waals surface area contributed by atoms with Crippen molar-refractivity contribution in [3.05, 3.63) is 29.8 Å². The molecule has 0 bridgehead atoms. The van der Waals surface area contributed by atoms with E-state index in [2.05, 4.69) is 17.4 Å². The van der Waals surface area contributed by atoms with Crippen molar-refractivity contribution in [1.29, 1.82) is 0 Å². The maximum absolute atomic E-state index is 11.8. The van der Waals surface area contributed by atoms with Crippen LogP contribution in [0.15, 0.2) is 24.3 Å². The number of benzene rings is 1. The van der Waals surface area contributed by atoms with E-state index in [0.29, 0.717) is 13.1 Å². The van der Waals surface area contributed by atoms with Gasteiger partial charge in [-0.05, 0) is 44.4 Å². The summed E-state index contributed by atoms with van der Waals surface area (Å²) in [6.45, 7) is 5.18. The molecule has 1 atom stereocenters. The second-order valence-electron chi connectivity index (χ2n) is 5.77. The summed E-state index contributed by atoms with van der Waals surface area (Å²) in [5.41, 5.74) is 1.44. The van der Waals surface area contributed by atoms with E-state index in [-0.39, 0.29) is 5.92 Å². The molecule has 0 radical (unpaired) electrons. The second-order valence-corrected chi connectivity index (χ2v) is 5.77. The van der Waals surface area contributed by atoms with Gasteiger partial charge < -0.3 is 15.3 Å². The van der Waals surface area contributed by atoms with Crippen molar-refractivity contribution in [2.24, 2.45) is 5.92 Å². The van der Waals surface area contributed by atoms with Gasteiger partial charge in [-0.15, -0.1) is 0 Å². The maximum Gasteiger partial charge on any atom is 0.326 e. The van der Waals surface area contributed by atoms with E-state index in [9.17, 15) is 9.90 Å². The van der Waals surface area contributed by atoms with Gasteiger partial charge in [-0.2, -0.15) is 0 Å². The quantitative estimate of drug-likeness (QED) is 0.802. The Kier molecular flexibility index (Phi) is 4.33. The summed E-state index contributed by atoms with van der Waals surface area (Å²) in [6, 6.07) is 8.19. The molecule has 0 aliphatic heterocycles. The summed E-state index contributed by atoms with van der Waals surface area (Å²) in [7, 11) is 1.96. The van der Waals surface area contributed by atoms with Crippen LogP contribution >= 0.6 is 0 Å². The average Bonchev–Trinajstić information content (AvgIpc) is 3.23. The van der Waals surface area contributed by atoms with Gasteiger partial charge in [0, 0.05) is 19.3 Å². The summed E-state index contributed by atoms with van der Waals surface area (Å²) >= 11 is 0. The maximum atomic E-state index is 11.8. The van der Waals surface area contributed by atoms with Gasteiger partial charge >= 0.3 is 5.97 Å². The van der Waals surface area contributed by atoms with Gasteiger partial charge in [0.25, 0.3) is 0 Å². The van der Waals surface area contributed by atoms with Crippen molar-refractivity contribution in [2.75, 3.05) is 25.0 Å². The van der Waals surface area contributed by atoms with Crippen molar-refractivity contribution in [1.82, 2.24) is 5.32 Å². The zero-order valence-corrected chi connectivity index (χ0v) is 12.5. The molecule has 2 N–H and O–H groups in total. The van der Waals surface area contributed by atoms with Crippen LogP contribution in [0.1, 0.15) is 25.3 Å². The van der Waals surface area contributed by atoms with Gasteiger partial charge in [0.1, 0.15) is 5.54 Å². The molecule has 0 spiro atoms. The molecule has 1 aliphatic carbocycles. The fourth-order valence-electron chi connectivity index (χ4n) is 2.80. The normalized spacial score (nSPS) is 17.6. The van der Waals surface area contributed by atoms with Gasteiger partial charge in [0.2, 0.25) is 0 Å². The summed E-state index contributed by atoms with van der Waals surface area (Å²) in [5, 5.41) is 12.9. The van der Waals surface area contributed by atoms with Crippen molar-refractivity contribution in [2.45, 2.75) is 32.2 Å². The van der Waals surface area contributed by atoms with Crippen LogP contribution in [0.25, 0.3) is 0 Å². The molecule has 1 aliphatic rings. The molecule has 0 saturated heterocycles. The Morgan fingerprint density at radius 3 is 2.45 bits per heavy atom. The lowest BCUT2D eigenvalue weighted by Gasteiger charge is -2.35. The second kappa shape index (κ2) is 5.83. The van der Waals surface area contributed by atoms with Crippen LogP contribution in [-0.4, -0.2) is 36.8 Å². The van der Waals surface area contributed by atoms with Gasteiger partial charge in [-0.1, -0.05) is 24.6 Å². The number of anilines is 1. The minimum Gasteiger partial charge on any atom is -0.480 e. The number of aryl methyl sites for hydroxylation is 1. The number of carboxylic acid groups (broad SMARTS) is 1. The van der Waals surface area contributed by atoms with E-state index in [4.69, 9.17) is 0 Å². The number of rotatable bonds is 7. The van der Waals surface area contributed by atoms with E-state index >= 15 is 0 Å². The molecule has 1 saturated carbocycles. The highest BCUT2D eigenvalue weighted by molar-refractivity contribution is 5.81. The fraction of sp³-hybridized carbons (Fsp3) is 0.562. The van der Waals surface area contributed by atoms with Gasteiger partial charge in [0.15, 0.2) is 0 Å². The summed E-state index contributed by atoms with van der Waals surface area (Å²) in [5.74, 6) is -0.492. The van der Waals surface area contributed by atoms with Crippen LogP contribution in [0.5, 0.6) is 0 Å². The molecule has 1 aromatic carbocycles. The first kappa shape index (κ1) is 14.9. The Morgan fingerprint density at radius 1 is 1.40 bits per heavy atom. The highest BCUT2D eigenvalue weighted by atomic mass is 16.4. The van der Waals surface area contributed by atoms with E-state index in [1.54, 1.807) is 0 Å². The molecule has 4 heteroatoms. The molecule has 4 nitrogen and oxygen atoms in total. The van der Waals surface area contributed by atoms with Crippen LogP contribution in [0.4, 0.5) is 5.69 Å². The van der Waals surface area contributed by atoms with Gasteiger partial charge in [-0.3, -0.25) is 4.79 Å². The Labute approximate surface area is 120 Å². The number of nitrogens with zero attached hydrogens (tertiary/aromatic N) is 1. The number of carboxylic acids is 1. The molecular weight excluding hydrogens is 252 g/mol. The van der Waals surface area contributed by atoms with Crippen LogP contribution in [-0.2, 0) is 4.79 Å². The molecule has 1 fully saturated rings. The van der Waals surface area contributed by atoms with Crippen LogP contribution in [0.3, 0.4) is 0 Å². The van der Waals surface area contributed by atoms with Crippen molar-refractivity contribution < 1.29 is 9.90 Å². The lowest BCUT2D eigenvalue weighted by Crippen LogP contribution is -2.60. The monoisotopic (exact) mass is 276 g/mol. The molecule has 20 heavy (non-hydrogen) atoms. The Hall–Kier alpha value is -1.55. The topological polar surface area (TPSA) is 52.6 Å². The van der Waals surface area contributed by atoms with E-state index in [1.807, 2.05) is 37.9 Å². The van der Waals surface area contributed by atoms with E-state index < -0.39 is 11.5 Å². The number of carbonyl (C=O) groups is 1. The molecule has 2 rings (SSSR count). The Balaban J connectivity index is 2.18. The summed E-state index contributed by atoms with van der Waals surface area (Å²) < 4.78 is 0. The third-order valence-electron chi connectivity index (χ3n) is 4.11. The Morgan fingerprint density at radius 2 is 2.00 bits per heavy atom. The van der Waals surface area contributed by atoms with E-state index in [0.717, 1.165) is 18.5 Å². The zero-order valence-electron chi connectivity index (χ0n) is 12.5. The fourth-order valence-corrected chi connectivity index (χ4v) is 2.80. The molecule has 0 amide bonds. The number of hydrogen-bond donors (Lipinski definition) is 2. The molecule has 1 unspecified atom stereocenters. The molecule has 0 heterocycles. The Bertz CT molecular complexity index is 468. The highest BCUT2D eigenvalue weighted by Gasteiger charge is 2.51. The highest BCUT2D eigenvalue weighted by Crippen LogP contribution is 2.40. The van der Waals surface area contributed by atoms with Crippen LogP contribution in [0.2, 0.25) is 0 Å². The van der Waals surface area contributed by atoms with E-state index in [1.165, 1.54) is 5.56 Å². The molecular formula is C16H24N2O2. The van der Waals surface area contributed by atoms with Gasteiger partial charge in [0.05, 0.1) is 0 Å². The molecule has 0 aromatic heterocycles. The first-order valence-corrected chi connectivity index (χ1v) is 7.26. The predicted molar refractivity (Wildman–Crippen MR) is 81.2 cm³/mol. The average molecular weight is 276 g/mol. The minimum atomic E-state index is -0.825. The lowest BCUT2D eigenvalue weighted by atomic mass is 9.92. The number of nitrogens with one attached hydrogen (secondary N) is 1. The number of hydrogen-bond acceptors (Lipinski definition) is 3. The lowest BCUT2D eigenvalue weighted by molar-refractivity contribution is -0.145. The van der Waals surface area contributed by atoms with Crippen LogP contribution < -0.4 is 10.2 Å². The standard InChI is InChI=1S/C16H24N2O2/c1-4-17-16(15(19)20,13-7-8-13)11-18(3)14-9-5-12(2)6-10-14/h5-6,9-10,13,17H,4,7-8,11H2,1-3H3,(H,19,20). The zero-order chi connectivity index (χ0) is 14.8. The van der Waals surface area contributed by atoms with Crippen LogP contribution in [0, 0.1) is 12.8 Å². The third-order valence-corrected chi connectivity index (χ3v) is 4.11. The summed E-state index contributed by atoms with van der Waals surface area (Å²) in [6.07, 6.45) is 2.00. The first-order chi connectivity index (χ1) is 9.49. The third kappa shape index (κ3) is 2.96. The van der Waals surface area contributed by atoms with Crippen molar-refractivity contribution in [3.63, 3.8) is 0 Å². The number of likely N-dealkylation sites (N-methyl/N-ethyl adjacent to an activating group) is 2. The van der Waals surface area contributed by atoms with Gasteiger partial charge in [-0.25, -0.2) is 0 Å². The molecule has 1 aromatic rings. The largest absolute Gasteiger partial charge is 0.480 e. The minimum absolute atomic E-state index is 0.243. The van der Waals surface area contributed by atoms with Crippen molar-refractivity contribution in [3.8, 4) is 0 Å².